The van der Waals surface area contributed by atoms with E-state index in [1.54, 1.807) is 24.3 Å². The van der Waals surface area contributed by atoms with Gasteiger partial charge in [-0.15, -0.1) is 0 Å². The number of hydrogen-bond acceptors (Lipinski definition) is 3. The number of hydrogen-bond donors (Lipinski definition) is 1. The van der Waals surface area contributed by atoms with E-state index in [0.717, 1.165) is 5.56 Å². The van der Waals surface area contributed by atoms with Crippen molar-refractivity contribution < 1.29 is 14.3 Å². The second-order valence-corrected chi connectivity index (χ2v) is 4.76. The highest BCUT2D eigenvalue weighted by Gasteiger charge is 2.10. The van der Waals surface area contributed by atoms with E-state index in [1.165, 1.54) is 6.92 Å². The van der Waals surface area contributed by atoms with E-state index in [4.69, 9.17) is 4.74 Å². The predicted molar refractivity (Wildman–Crippen MR) is 81.8 cm³/mol. The van der Waals surface area contributed by atoms with Gasteiger partial charge in [-0.25, -0.2) is 0 Å². The molecule has 0 aliphatic rings. The number of carbonyl (C=O) groups is 2. The van der Waals surface area contributed by atoms with Crippen LogP contribution in [0.4, 0.5) is 5.69 Å². The van der Waals surface area contributed by atoms with Crippen LogP contribution in [-0.4, -0.2) is 18.3 Å². The van der Waals surface area contributed by atoms with Crippen molar-refractivity contribution >= 4 is 17.4 Å². The van der Waals surface area contributed by atoms with Gasteiger partial charge in [-0.1, -0.05) is 29.8 Å². The highest BCUT2D eigenvalue weighted by Crippen LogP contribution is 2.20. The van der Waals surface area contributed by atoms with Crippen LogP contribution in [0.1, 0.15) is 22.8 Å². The lowest BCUT2D eigenvalue weighted by molar-refractivity contribution is -0.118. The fraction of sp³-hybridized carbons (Fsp3) is 0.176. The third-order valence-electron chi connectivity index (χ3n) is 2.93. The maximum Gasteiger partial charge on any atom is 0.262 e. The monoisotopic (exact) mass is 283 g/mol. The smallest absolute Gasteiger partial charge is 0.262 e. The van der Waals surface area contributed by atoms with Crippen molar-refractivity contribution in [3.8, 4) is 5.75 Å². The Morgan fingerprint density at radius 1 is 1.10 bits per heavy atom. The molecule has 4 nitrogen and oxygen atoms in total. The molecule has 0 aliphatic carbocycles. The van der Waals surface area contributed by atoms with E-state index >= 15 is 0 Å². The summed E-state index contributed by atoms with van der Waals surface area (Å²) in [7, 11) is 0. The molecule has 4 heteroatoms. The first-order valence-corrected chi connectivity index (χ1v) is 6.65. The Bertz CT molecular complexity index is 650. The van der Waals surface area contributed by atoms with Crippen LogP contribution in [0.25, 0.3) is 0 Å². The Balaban J connectivity index is 2.00. The molecule has 0 fully saturated rings. The average molecular weight is 283 g/mol. The van der Waals surface area contributed by atoms with Gasteiger partial charge in [0.25, 0.3) is 5.91 Å². The molecule has 0 spiro atoms. The van der Waals surface area contributed by atoms with Crippen LogP contribution in [0.15, 0.2) is 48.5 Å². The van der Waals surface area contributed by atoms with Gasteiger partial charge >= 0.3 is 0 Å². The number of benzene rings is 2. The summed E-state index contributed by atoms with van der Waals surface area (Å²) in [5, 5.41) is 2.72. The molecule has 0 atom stereocenters. The van der Waals surface area contributed by atoms with Gasteiger partial charge in [-0.2, -0.15) is 0 Å². The third-order valence-corrected chi connectivity index (χ3v) is 2.93. The van der Waals surface area contributed by atoms with Crippen molar-refractivity contribution in [3.05, 3.63) is 59.7 Å². The topological polar surface area (TPSA) is 55.4 Å². The quantitative estimate of drug-likeness (QED) is 0.857. The molecule has 2 aromatic rings. The molecular weight excluding hydrogens is 266 g/mol. The van der Waals surface area contributed by atoms with Crippen molar-refractivity contribution in [1.29, 1.82) is 0 Å². The van der Waals surface area contributed by atoms with Gasteiger partial charge in [0.1, 0.15) is 5.75 Å². The Morgan fingerprint density at radius 2 is 1.81 bits per heavy atom. The number of para-hydroxylation sites is 1. The highest BCUT2D eigenvalue weighted by atomic mass is 16.5. The number of rotatable bonds is 5. The van der Waals surface area contributed by atoms with Crippen molar-refractivity contribution in [3.63, 3.8) is 0 Å². The molecule has 0 aromatic heterocycles. The second-order valence-electron chi connectivity index (χ2n) is 4.76. The van der Waals surface area contributed by atoms with Crippen molar-refractivity contribution in [2.45, 2.75) is 13.8 Å². The van der Waals surface area contributed by atoms with E-state index < -0.39 is 0 Å². The zero-order chi connectivity index (χ0) is 15.2. The maximum absolute atomic E-state index is 11.8. The van der Waals surface area contributed by atoms with Crippen molar-refractivity contribution in [2.75, 3.05) is 11.9 Å². The molecule has 0 unspecified atom stereocenters. The third kappa shape index (κ3) is 4.18. The lowest BCUT2D eigenvalue weighted by Crippen LogP contribution is -2.20. The Labute approximate surface area is 123 Å². The largest absolute Gasteiger partial charge is 0.483 e. The molecule has 108 valence electrons. The molecule has 0 saturated carbocycles. The van der Waals surface area contributed by atoms with Crippen LogP contribution in [0.5, 0.6) is 5.75 Å². The first-order chi connectivity index (χ1) is 10.1. The van der Waals surface area contributed by atoms with Gasteiger partial charge in [0.05, 0.1) is 5.56 Å². The first-order valence-electron chi connectivity index (χ1n) is 6.65. The number of aryl methyl sites for hydroxylation is 1. The minimum atomic E-state index is -0.267. The Hall–Kier alpha value is -2.62. The van der Waals surface area contributed by atoms with E-state index in [1.807, 2.05) is 31.2 Å². The van der Waals surface area contributed by atoms with Gasteiger partial charge in [0.15, 0.2) is 12.4 Å². The van der Waals surface area contributed by atoms with Crippen LogP contribution < -0.4 is 10.1 Å². The molecule has 0 bridgehead atoms. The molecule has 0 heterocycles. The summed E-state index contributed by atoms with van der Waals surface area (Å²) in [6, 6.07) is 14.5. The zero-order valence-corrected chi connectivity index (χ0v) is 12.1. The lowest BCUT2D eigenvalue weighted by atomic mass is 10.1. The number of Topliss-reactive ketones (excluding diaryl/α,β-unsaturated/α-hetero) is 1. The molecule has 2 aromatic carbocycles. The fourth-order valence-corrected chi connectivity index (χ4v) is 1.91. The van der Waals surface area contributed by atoms with E-state index in [0.29, 0.717) is 17.0 Å². The summed E-state index contributed by atoms with van der Waals surface area (Å²) in [5.41, 5.74) is 2.17. The molecule has 0 radical (unpaired) electrons. The number of ether oxygens (including phenoxy) is 1. The van der Waals surface area contributed by atoms with Crippen LogP contribution in [-0.2, 0) is 4.79 Å². The lowest BCUT2D eigenvalue weighted by Gasteiger charge is -2.11. The minimum Gasteiger partial charge on any atom is -0.483 e. The summed E-state index contributed by atoms with van der Waals surface area (Å²) in [4.78, 5) is 23.4. The molecule has 21 heavy (non-hydrogen) atoms. The molecular formula is C17H17NO3. The average Bonchev–Trinajstić information content (AvgIpc) is 2.47. The summed E-state index contributed by atoms with van der Waals surface area (Å²) in [6.45, 7) is 3.24. The number of amides is 1. The number of carbonyl (C=O) groups excluding carboxylic acids is 2. The first kappa shape index (κ1) is 14.8. The van der Waals surface area contributed by atoms with E-state index in [-0.39, 0.29) is 18.3 Å². The summed E-state index contributed by atoms with van der Waals surface area (Å²) in [6.07, 6.45) is 0. The molecule has 0 aliphatic heterocycles. The van der Waals surface area contributed by atoms with Crippen LogP contribution in [0.3, 0.4) is 0 Å². The van der Waals surface area contributed by atoms with Gasteiger partial charge in [-0.05, 0) is 38.1 Å². The summed E-state index contributed by atoms with van der Waals surface area (Å²) >= 11 is 0. The minimum absolute atomic E-state index is 0.0860. The molecule has 0 saturated heterocycles. The van der Waals surface area contributed by atoms with Gasteiger partial charge in [0.2, 0.25) is 0 Å². The molecule has 1 N–H and O–H groups in total. The summed E-state index contributed by atoms with van der Waals surface area (Å²) < 4.78 is 5.45. The van der Waals surface area contributed by atoms with Crippen LogP contribution >= 0.6 is 0 Å². The molecule has 1 amide bonds. The van der Waals surface area contributed by atoms with Crippen LogP contribution in [0.2, 0.25) is 0 Å². The normalized spacial score (nSPS) is 10.0. The maximum atomic E-state index is 11.8. The zero-order valence-electron chi connectivity index (χ0n) is 12.1. The Morgan fingerprint density at radius 3 is 2.48 bits per heavy atom. The van der Waals surface area contributed by atoms with E-state index in [9.17, 15) is 9.59 Å². The van der Waals surface area contributed by atoms with Gasteiger partial charge < -0.3 is 10.1 Å². The van der Waals surface area contributed by atoms with Crippen molar-refractivity contribution in [2.24, 2.45) is 0 Å². The second kappa shape index (κ2) is 6.70. The molecule has 2 rings (SSSR count). The van der Waals surface area contributed by atoms with Crippen LogP contribution in [0, 0.1) is 6.92 Å². The van der Waals surface area contributed by atoms with Crippen molar-refractivity contribution in [1.82, 2.24) is 0 Å². The standard InChI is InChI=1S/C17H17NO3/c1-12-8-9-16(15(10-12)13(2)19)21-11-17(20)18-14-6-4-3-5-7-14/h3-10H,11H2,1-2H3,(H,18,20). The fourth-order valence-electron chi connectivity index (χ4n) is 1.91. The number of nitrogens with one attached hydrogen (secondary N) is 1. The van der Waals surface area contributed by atoms with Gasteiger partial charge in [0, 0.05) is 5.69 Å². The van der Waals surface area contributed by atoms with E-state index in [2.05, 4.69) is 5.32 Å². The predicted octanol–water partition coefficient (Wildman–Crippen LogP) is 3.22. The number of anilines is 1. The van der Waals surface area contributed by atoms with Gasteiger partial charge in [-0.3, -0.25) is 9.59 Å². The SMILES string of the molecule is CC(=O)c1cc(C)ccc1OCC(=O)Nc1ccccc1. The highest BCUT2D eigenvalue weighted by molar-refractivity contribution is 5.97. The summed E-state index contributed by atoms with van der Waals surface area (Å²) in [5.74, 6) is 0.0738. The number of ketones is 1. The Kier molecular flexibility index (Phi) is 4.72.